The summed E-state index contributed by atoms with van der Waals surface area (Å²) in [5.74, 6) is 3.45. The van der Waals surface area contributed by atoms with Crippen LogP contribution in [0.5, 0.6) is 0 Å². The molecule has 0 unspecified atom stereocenters. The number of aromatic nitrogens is 2. The first kappa shape index (κ1) is 17.3. The van der Waals surface area contributed by atoms with Gasteiger partial charge in [-0.3, -0.25) is 9.59 Å². The summed E-state index contributed by atoms with van der Waals surface area (Å²) in [5, 5.41) is 0. The molecule has 0 aromatic carbocycles. The van der Waals surface area contributed by atoms with Crippen LogP contribution >= 0.6 is 0 Å². The molecule has 2 amide bonds. The Hall–Kier alpha value is -1.85. The fraction of sp³-hybridized carbons (Fsp3) is 0.762. The zero-order valence-corrected chi connectivity index (χ0v) is 16.6. The van der Waals surface area contributed by atoms with Crippen LogP contribution in [-0.2, 0) is 11.3 Å². The van der Waals surface area contributed by atoms with Crippen LogP contribution in [0.15, 0.2) is 6.20 Å². The van der Waals surface area contributed by atoms with Gasteiger partial charge in [0.2, 0.25) is 5.91 Å². The fourth-order valence-electron chi connectivity index (χ4n) is 6.78. The lowest BCUT2D eigenvalue weighted by molar-refractivity contribution is -0.161. The fourth-order valence-corrected chi connectivity index (χ4v) is 6.78. The number of fused-ring (bicyclic) bond motifs is 1. The number of carbonyl (C=O) groups excluding carboxylic acids is 2. The van der Waals surface area contributed by atoms with Gasteiger partial charge in [-0.05, 0) is 63.2 Å². The summed E-state index contributed by atoms with van der Waals surface area (Å²) in [6, 6.07) is -0.0667. The number of nitrogens with zero attached hydrogens (tertiary/aromatic N) is 4. The molecule has 6 heteroatoms. The first-order valence-electron chi connectivity index (χ1n) is 10.5. The van der Waals surface area contributed by atoms with Crippen LogP contribution in [0.25, 0.3) is 0 Å². The minimum atomic E-state index is -0.111. The molecule has 6 nitrogen and oxygen atoms in total. The molecule has 2 heterocycles. The van der Waals surface area contributed by atoms with Crippen LogP contribution in [0.2, 0.25) is 0 Å². The molecular formula is C21H30N4O2. The Morgan fingerprint density at radius 1 is 1.07 bits per heavy atom. The average Bonchev–Trinajstić information content (AvgIpc) is 3.04. The molecule has 1 atom stereocenters. The standard InChI is InChI=1S/C21H30N4O2/c1-13-18-22-17(19(26)23(2)3)12-24(18)4-5-25(13)20(27)21-9-14-6-15(10-21)8-16(7-14)11-21/h12-16H,4-11H2,1-3H3/t13-,14?,15?,16?,21?/m1/s1. The van der Waals surface area contributed by atoms with E-state index >= 15 is 0 Å². The monoisotopic (exact) mass is 370 g/mol. The normalized spacial score (nSPS) is 36.6. The molecule has 0 spiro atoms. The highest BCUT2D eigenvalue weighted by Crippen LogP contribution is 2.61. The van der Waals surface area contributed by atoms with E-state index in [9.17, 15) is 9.59 Å². The molecule has 146 valence electrons. The lowest BCUT2D eigenvalue weighted by Gasteiger charge is -2.57. The minimum Gasteiger partial charge on any atom is -0.343 e. The van der Waals surface area contributed by atoms with Crippen molar-refractivity contribution in [2.45, 2.75) is 58.0 Å². The smallest absolute Gasteiger partial charge is 0.273 e. The van der Waals surface area contributed by atoms with E-state index in [1.165, 1.54) is 19.3 Å². The first-order chi connectivity index (χ1) is 12.9. The number of amides is 2. The van der Waals surface area contributed by atoms with Crippen LogP contribution < -0.4 is 0 Å². The predicted molar refractivity (Wildman–Crippen MR) is 101 cm³/mol. The molecular weight excluding hydrogens is 340 g/mol. The zero-order valence-electron chi connectivity index (χ0n) is 16.6. The van der Waals surface area contributed by atoms with Crippen LogP contribution in [-0.4, -0.2) is 51.8 Å². The maximum Gasteiger partial charge on any atom is 0.273 e. The predicted octanol–water partition coefficient (Wildman–Crippen LogP) is 2.70. The Bertz CT molecular complexity index is 761. The number of hydrogen-bond donors (Lipinski definition) is 0. The molecule has 5 aliphatic rings. The van der Waals surface area contributed by atoms with Gasteiger partial charge in [-0.25, -0.2) is 4.98 Å². The topological polar surface area (TPSA) is 58.4 Å². The van der Waals surface area contributed by atoms with E-state index in [0.29, 0.717) is 11.6 Å². The van der Waals surface area contributed by atoms with Gasteiger partial charge in [-0.2, -0.15) is 0 Å². The van der Waals surface area contributed by atoms with Crippen molar-refractivity contribution in [3.05, 3.63) is 17.7 Å². The Morgan fingerprint density at radius 3 is 2.22 bits per heavy atom. The van der Waals surface area contributed by atoms with E-state index in [-0.39, 0.29) is 17.4 Å². The third-order valence-corrected chi connectivity index (χ3v) is 7.61. The van der Waals surface area contributed by atoms with Crippen molar-refractivity contribution in [2.24, 2.45) is 23.2 Å². The molecule has 6 rings (SSSR count). The van der Waals surface area contributed by atoms with Crippen LogP contribution in [0.1, 0.15) is 67.8 Å². The van der Waals surface area contributed by atoms with Gasteiger partial charge in [0.05, 0.1) is 11.5 Å². The summed E-state index contributed by atoms with van der Waals surface area (Å²) >= 11 is 0. The van der Waals surface area contributed by atoms with Crippen molar-refractivity contribution < 1.29 is 9.59 Å². The second-order valence-electron chi connectivity index (χ2n) is 9.75. The van der Waals surface area contributed by atoms with E-state index in [4.69, 9.17) is 0 Å². The van der Waals surface area contributed by atoms with Gasteiger partial charge in [-0.1, -0.05) is 0 Å². The summed E-state index contributed by atoms with van der Waals surface area (Å²) in [6.07, 6.45) is 9.19. The van der Waals surface area contributed by atoms with Crippen molar-refractivity contribution in [1.29, 1.82) is 0 Å². The number of rotatable bonds is 2. The zero-order chi connectivity index (χ0) is 18.9. The second kappa shape index (κ2) is 5.82. The highest BCUT2D eigenvalue weighted by Gasteiger charge is 2.56. The molecule has 1 aromatic heterocycles. The molecule has 1 aliphatic heterocycles. The van der Waals surface area contributed by atoms with Gasteiger partial charge in [0.1, 0.15) is 11.5 Å². The second-order valence-corrected chi connectivity index (χ2v) is 9.75. The summed E-state index contributed by atoms with van der Waals surface area (Å²) < 4.78 is 2.06. The molecule has 0 N–H and O–H groups in total. The van der Waals surface area contributed by atoms with Gasteiger partial charge in [-0.15, -0.1) is 0 Å². The van der Waals surface area contributed by atoms with Crippen LogP contribution in [0.4, 0.5) is 0 Å². The van der Waals surface area contributed by atoms with Gasteiger partial charge in [0.15, 0.2) is 0 Å². The van der Waals surface area contributed by atoms with E-state index in [1.807, 2.05) is 6.20 Å². The van der Waals surface area contributed by atoms with Crippen molar-refractivity contribution in [2.75, 3.05) is 20.6 Å². The molecule has 4 saturated carbocycles. The summed E-state index contributed by atoms with van der Waals surface area (Å²) in [5.41, 5.74) is 0.367. The molecule has 0 saturated heterocycles. The Labute approximate surface area is 160 Å². The lowest BCUT2D eigenvalue weighted by atomic mass is 9.49. The molecule has 27 heavy (non-hydrogen) atoms. The third kappa shape index (κ3) is 2.55. The van der Waals surface area contributed by atoms with Crippen molar-refractivity contribution in [3.63, 3.8) is 0 Å². The molecule has 1 aromatic rings. The van der Waals surface area contributed by atoms with Crippen molar-refractivity contribution >= 4 is 11.8 Å². The molecule has 0 radical (unpaired) electrons. The highest BCUT2D eigenvalue weighted by molar-refractivity contribution is 5.92. The number of imidazole rings is 1. The van der Waals surface area contributed by atoms with E-state index in [0.717, 1.165) is 55.9 Å². The average molecular weight is 370 g/mol. The summed E-state index contributed by atoms with van der Waals surface area (Å²) in [7, 11) is 3.49. The maximum absolute atomic E-state index is 13.7. The van der Waals surface area contributed by atoms with Gasteiger partial charge in [0, 0.05) is 33.4 Å². The quantitative estimate of drug-likeness (QED) is 0.804. The Balaban J connectivity index is 1.41. The van der Waals surface area contributed by atoms with E-state index < -0.39 is 0 Å². The largest absolute Gasteiger partial charge is 0.343 e. The third-order valence-electron chi connectivity index (χ3n) is 7.61. The molecule has 4 bridgehead atoms. The Kier molecular flexibility index (Phi) is 3.72. The molecule has 4 aliphatic carbocycles. The van der Waals surface area contributed by atoms with Crippen LogP contribution in [0.3, 0.4) is 0 Å². The van der Waals surface area contributed by atoms with E-state index in [1.54, 1.807) is 19.0 Å². The van der Waals surface area contributed by atoms with Crippen LogP contribution in [0, 0.1) is 23.2 Å². The number of carbonyl (C=O) groups is 2. The molecule has 4 fully saturated rings. The summed E-state index contributed by atoms with van der Waals surface area (Å²) in [4.78, 5) is 34.2. The van der Waals surface area contributed by atoms with Gasteiger partial charge >= 0.3 is 0 Å². The van der Waals surface area contributed by atoms with Crippen molar-refractivity contribution in [1.82, 2.24) is 19.4 Å². The van der Waals surface area contributed by atoms with Crippen molar-refractivity contribution in [3.8, 4) is 0 Å². The highest BCUT2D eigenvalue weighted by atomic mass is 16.2. The van der Waals surface area contributed by atoms with E-state index in [2.05, 4.69) is 21.4 Å². The SMILES string of the molecule is C[C@@H]1c2nc(C(=O)N(C)C)cn2CCN1C(=O)C12CC3CC(CC(C3)C1)C2. The first-order valence-corrected chi connectivity index (χ1v) is 10.5. The lowest BCUT2D eigenvalue weighted by Crippen LogP contribution is -2.56. The maximum atomic E-state index is 13.7. The minimum absolute atomic E-state index is 0.0667. The Morgan fingerprint density at radius 2 is 1.67 bits per heavy atom. The number of hydrogen-bond acceptors (Lipinski definition) is 3. The van der Waals surface area contributed by atoms with Gasteiger partial charge in [0.25, 0.3) is 5.91 Å². The van der Waals surface area contributed by atoms with Gasteiger partial charge < -0.3 is 14.4 Å². The summed E-state index contributed by atoms with van der Waals surface area (Å²) in [6.45, 7) is 3.52.